The summed E-state index contributed by atoms with van der Waals surface area (Å²) >= 11 is 0. The molecule has 0 spiro atoms. The molecule has 2 rings (SSSR count). The Morgan fingerprint density at radius 2 is 2.00 bits per heavy atom. The minimum absolute atomic E-state index is 0.602. The monoisotopic (exact) mass is 259 g/mol. The highest BCUT2D eigenvalue weighted by molar-refractivity contribution is 5.66. The van der Waals surface area contributed by atoms with Crippen molar-refractivity contribution in [1.29, 1.82) is 0 Å². The minimum atomic E-state index is 0.602. The smallest absolute Gasteiger partial charge is 0.144 e. The lowest BCUT2D eigenvalue weighted by atomic mass is 10.1. The number of ether oxygens (including phenoxy) is 1. The van der Waals surface area contributed by atoms with Crippen LogP contribution >= 0.6 is 0 Å². The summed E-state index contributed by atoms with van der Waals surface area (Å²) in [7, 11) is 0. The Bertz CT molecular complexity index is 587. The topological polar surface area (TPSA) is 53.1 Å². The lowest BCUT2D eigenvalue weighted by molar-refractivity contribution is 0.342. The summed E-state index contributed by atoms with van der Waals surface area (Å²) in [5.41, 5.74) is 11.2. The molecule has 0 radical (unpaired) electrons. The molecule has 0 aliphatic heterocycles. The molecule has 4 nitrogen and oxygen atoms in total. The summed E-state index contributed by atoms with van der Waals surface area (Å²) in [5, 5.41) is 4.59. The van der Waals surface area contributed by atoms with E-state index in [4.69, 9.17) is 10.5 Å². The number of aryl methyl sites for hydroxylation is 1. The highest BCUT2D eigenvalue weighted by Gasteiger charge is 2.14. The maximum Gasteiger partial charge on any atom is 0.144 e. The molecular weight excluding hydrogens is 238 g/mol. The van der Waals surface area contributed by atoms with E-state index in [0.29, 0.717) is 18.0 Å². The molecule has 0 saturated heterocycles. The first-order valence-corrected chi connectivity index (χ1v) is 6.66. The average molecular weight is 259 g/mol. The fourth-order valence-electron chi connectivity index (χ4n) is 2.42. The Morgan fingerprint density at radius 1 is 1.26 bits per heavy atom. The van der Waals surface area contributed by atoms with Crippen LogP contribution in [0.15, 0.2) is 18.2 Å². The van der Waals surface area contributed by atoms with E-state index in [-0.39, 0.29) is 0 Å². The quantitative estimate of drug-likeness (QED) is 0.859. The first-order chi connectivity index (χ1) is 9.10. The fraction of sp³-hybridized carbons (Fsp3) is 0.400. The van der Waals surface area contributed by atoms with Crippen LogP contribution in [0.3, 0.4) is 0 Å². The second-order valence-electron chi connectivity index (χ2n) is 4.54. The SMILES string of the molecule is CCOc1cccc(-n2nc(C)c(CC)c2C)c1N. The third-order valence-electron chi connectivity index (χ3n) is 3.37. The van der Waals surface area contributed by atoms with Gasteiger partial charge in [0.25, 0.3) is 0 Å². The van der Waals surface area contributed by atoms with Gasteiger partial charge in [-0.05, 0) is 44.9 Å². The standard InChI is InChI=1S/C15H21N3O/c1-5-12-10(3)17-18(11(12)4)13-8-7-9-14(15(13)16)19-6-2/h7-9H,5-6,16H2,1-4H3. The summed E-state index contributed by atoms with van der Waals surface area (Å²) in [4.78, 5) is 0. The second kappa shape index (κ2) is 5.34. The maximum atomic E-state index is 6.19. The number of nitrogens with two attached hydrogens (primary N) is 1. The molecule has 0 aliphatic carbocycles. The van der Waals surface area contributed by atoms with Crippen molar-refractivity contribution in [2.75, 3.05) is 12.3 Å². The lowest BCUT2D eigenvalue weighted by Crippen LogP contribution is -2.06. The van der Waals surface area contributed by atoms with Crippen molar-refractivity contribution >= 4 is 5.69 Å². The zero-order valence-electron chi connectivity index (χ0n) is 12.0. The van der Waals surface area contributed by atoms with Crippen LogP contribution in [0.1, 0.15) is 30.8 Å². The molecule has 0 amide bonds. The van der Waals surface area contributed by atoms with Crippen LogP contribution in [0.2, 0.25) is 0 Å². The van der Waals surface area contributed by atoms with Gasteiger partial charge in [0.1, 0.15) is 11.4 Å². The number of benzene rings is 1. The van der Waals surface area contributed by atoms with Gasteiger partial charge in [-0.3, -0.25) is 0 Å². The van der Waals surface area contributed by atoms with Gasteiger partial charge >= 0.3 is 0 Å². The first-order valence-electron chi connectivity index (χ1n) is 6.66. The molecule has 1 aromatic carbocycles. The number of anilines is 1. The summed E-state index contributed by atoms with van der Waals surface area (Å²) < 4.78 is 7.44. The van der Waals surface area contributed by atoms with Crippen molar-refractivity contribution < 1.29 is 4.74 Å². The fourth-order valence-corrected chi connectivity index (χ4v) is 2.42. The highest BCUT2D eigenvalue weighted by Crippen LogP contribution is 2.29. The summed E-state index contributed by atoms with van der Waals surface area (Å²) in [6.07, 6.45) is 0.975. The molecule has 0 atom stereocenters. The third kappa shape index (κ3) is 2.30. The zero-order chi connectivity index (χ0) is 14.0. The molecule has 2 aromatic rings. The second-order valence-corrected chi connectivity index (χ2v) is 4.54. The molecule has 4 heteroatoms. The molecule has 1 aromatic heterocycles. The Labute approximate surface area is 114 Å². The van der Waals surface area contributed by atoms with Gasteiger partial charge < -0.3 is 10.5 Å². The third-order valence-corrected chi connectivity index (χ3v) is 3.37. The minimum Gasteiger partial charge on any atom is -0.492 e. The van der Waals surface area contributed by atoms with Crippen molar-refractivity contribution in [2.24, 2.45) is 0 Å². The molecule has 0 fully saturated rings. The van der Waals surface area contributed by atoms with Gasteiger partial charge in [-0.2, -0.15) is 5.10 Å². The summed E-state index contributed by atoms with van der Waals surface area (Å²) in [6.45, 7) is 8.80. The van der Waals surface area contributed by atoms with E-state index in [9.17, 15) is 0 Å². The average Bonchev–Trinajstić information content (AvgIpc) is 2.67. The van der Waals surface area contributed by atoms with Crippen LogP contribution in [-0.2, 0) is 6.42 Å². The van der Waals surface area contributed by atoms with Gasteiger partial charge in [0.2, 0.25) is 0 Å². The van der Waals surface area contributed by atoms with E-state index in [1.807, 2.05) is 36.7 Å². The van der Waals surface area contributed by atoms with Crippen LogP contribution < -0.4 is 10.5 Å². The number of hydrogen-bond donors (Lipinski definition) is 1. The largest absolute Gasteiger partial charge is 0.492 e. The number of nitrogen functional groups attached to an aromatic ring is 1. The van der Waals surface area contributed by atoms with E-state index in [1.54, 1.807) is 0 Å². The van der Waals surface area contributed by atoms with Crippen LogP contribution in [0, 0.1) is 13.8 Å². The van der Waals surface area contributed by atoms with Gasteiger partial charge in [0.05, 0.1) is 18.0 Å². The van der Waals surface area contributed by atoms with E-state index in [2.05, 4.69) is 18.9 Å². The Kier molecular flexibility index (Phi) is 3.79. The summed E-state index contributed by atoms with van der Waals surface area (Å²) in [6, 6.07) is 5.80. The van der Waals surface area contributed by atoms with Crippen LogP contribution in [-0.4, -0.2) is 16.4 Å². The maximum absolute atomic E-state index is 6.19. The van der Waals surface area contributed by atoms with Gasteiger partial charge in [-0.15, -0.1) is 0 Å². The lowest BCUT2D eigenvalue weighted by Gasteiger charge is -2.12. The molecule has 102 valence electrons. The van der Waals surface area contributed by atoms with Gasteiger partial charge in [0.15, 0.2) is 0 Å². The summed E-state index contributed by atoms with van der Waals surface area (Å²) in [5.74, 6) is 0.714. The Balaban J connectivity index is 2.56. The molecule has 2 N–H and O–H groups in total. The van der Waals surface area contributed by atoms with Crippen molar-refractivity contribution in [3.8, 4) is 11.4 Å². The Hall–Kier alpha value is -1.97. The van der Waals surface area contributed by atoms with Crippen molar-refractivity contribution in [2.45, 2.75) is 34.1 Å². The number of para-hydroxylation sites is 1. The molecule has 0 aliphatic rings. The van der Waals surface area contributed by atoms with Crippen LogP contribution in [0.25, 0.3) is 5.69 Å². The predicted molar refractivity (Wildman–Crippen MR) is 78.0 cm³/mol. The van der Waals surface area contributed by atoms with Crippen molar-refractivity contribution in [3.63, 3.8) is 0 Å². The number of aromatic nitrogens is 2. The Morgan fingerprint density at radius 3 is 2.58 bits per heavy atom. The number of hydrogen-bond acceptors (Lipinski definition) is 3. The molecule has 19 heavy (non-hydrogen) atoms. The van der Waals surface area contributed by atoms with Gasteiger partial charge in [-0.25, -0.2) is 4.68 Å². The number of nitrogens with zero attached hydrogens (tertiary/aromatic N) is 2. The van der Waals surface area contributed by atoms with Crippen LogP contribution in [0.4, 0.5) is 5.69 Å². The van der Waals surface area contributed by atoms with Crippen molar-refractivity contribution in [1.82, 2.24) is 9.78 Å². The molecule has 1 heterocycles. The normalized spacial score (nSPS) is 10.7. The van der Waals surface area contributed by atoms with E-state index < -0.39 is 0 Å². The van der Waals surface area contributed by atoms with Gasteiger partial charge in [-0.1, -0.05) is 13.0 Å². The van der Waals surface area contributed by atoms with Gasteiger partial charge in [0, 0.05) is 5.69 Å². The molecular formula is C15H21N3O. The molecule has 0 unspecified atom stereocenters. The predicted octanol–water partition coefficient (Wildman–Crippen LogP) is 3.03. The van der Waals surface area contributed by atoms with E-state index >= 15 is 0 Å². The van der Waals surface area contributed by atoms with E-state index in [1.165, 1.54) is 5.56 Å². The first kappa shape index (κ1) is 13.5. The number of rotatable bonds is 4. The molecule has 0 bridgehead atoms. The van der Waals surface area contributed by atoms with Crippen molar-refractivity contribution in [3.05, 3.63) is 35.2 Å². The van der Waals surface area contributed by atoms with Crippen LogP contribution in [0.5, 0.6) is 5.75 Å². The molecule has 0 saturated carbocycles. The zero-order valence-corrected chi connectivity index (χ0v) is 12.0. The highest BCUT2D eigenvalue weighted by atomic mass is 16.5. The van der Waals surface area contributed by atoms with E-state index in [0.717, 1.165) is 23.5 Å².